The number of ether oxygens (including phenoxy) is 1. The molecule has 0 radical (unpaired) electrons. The van der Waals surface area contributed by atoms with Gasteiger partial charge in [-0.3, -0.25) is 0 Å². The Balaban J connectivity index is 2.16. The van der Waals surface area contributed by atoms with Crippen LogP contribution < -0.4 is 4.74 Å². The number of nitrogens with zero attached hydrogens (tertiary/aromatic N) is 4. The van der Waals surface area contributed by atoms with Gasteiger partial charge in [-0.1, -0.05) is 29.5 Å². The highest BCUT2D eigenvalue weighted by molar-refractivity contribution is 7.99. The minimum atomic E-state index is -4.66. The summed E-state index contributed by atoms with van der Waals surface area (Å²) in [6, 6.07) is 7.11. The molecule has 26 heavy (non-hydrogen) atoms. The fraction of sp³-hybridized carbons (Fsp3) is 0.176. The SMILES string of the molecule is COc1nc(-c2cncnc2)nc(Sc2ccc(C)cc2)c1C(F)(F)F. The van der Waals surface area contributed by atoms with E-state index in [1.54, 1.807) is 12.1 Å². The fourth-order valence-electron chi connectivity index (χ4n) is 2.15. The maximum absolute atomic E-state index is 13.6. The van der Waals surface area contributed by atoms with Gasteiger partial charge in [0.2, 0.25) is 5.88 Å². The van der Waals surface area contributed by atoms with Crippen molar-refractivity contribution in [3.05, 3.63) is 54.1 Å². The van der Waals surface area contributed by atoms with Gasteiger partial charge < -0.3 is 4.74 Å². The molecule has 2 aromatic heterocycles. The average Bonchev–Trinajstić information content (AvgIpc) is 2.62. The topological polar surface area (TPSA) is 60.8 Å². The maximum atomic E-state index is 13.6. The molecule has 0 unspecified atom stereocenters. The molecule has 9 heteroatoms. The Morgan fingerprint density at radius 2 is 1.65 bits per heavy atom. The molecule has 3 rings (SSSR count). The summed E-state index contributed by atoms with van der Waals surface area (Å²) in [5.74, 6) is -0.481. The summed E-state index contributed by atoms with van der Waals surface area (Å²) in [5.41, 5.74) is 0.393. The van der Waals surface area contributed by atoms with Gasteiger partial charge in [0.05, 0.1) is 12.7 Å². The van der Waals surface area contributed by atoms with Gasteiger partial charge in [-0.25, -0.2) is 15.0 Å². The summed E-state index contributed by atoms with van der Waals surface area (Å²) in [6.07, 6.45) is -0.498. The van der Waals surface area contributed by atoms with Crippen molar-refractivity contribution in [1.29, 1.82) is 0 Å². The van der Waals surface area contributed by atoms with Crippen LogP contribution in [0.2, 0.25) is 0 Å². The third-order valence-electron chi connectivity index (χ3n) is 3.37. The zero-order valence-corrected chi connectivity index (χ0v) is 14.6. The van der Waals surface area contributed by atoms with Crippen LogP contribution in [-0.2, 0) is 6.18 Å². The first kappa shape index (κ1) is 18.1. The molecule has 0 aliphatic carbocycles. The van der Waals surface area contributed by atoms with Crippen molar-refractivity contribution in [1.82, 2.24) is 19.9 Å². The normalized spacial score (nSPS) is 11.4. The Hall–Kier alpha value is -2.68. The molecule has 0 amide bonds. The van der Waals surface area contributed by atoms with Crippen LogP contribution in [0, 0.1) is 6.92 Å². The first-order chi connectivity index (χ1) is 12.4. The molecule has 134 valence electrons. The first-order valence-electron chi connectivity index (χ1n) is 7.41. The molecule has 0 saturated carbocycles. The zero-order valence-electron chi connectivity index (χ0n) is 13.8. The largest absolute Gasteiger partial charge is 0.480 e. The summed E-state index contributed by atoms with van der Waals surface area (Å²) in [5, 5.41) is -0.243. The lowest BCUT2D eigenvalue weighted by atomic mass is 10.2. The van der Waals surface area contributed by atoms with E-state index in [1.807, 2.05) is 19.1 Å². The number of aromatic nitrogens is 4. The van der Waals surface area contributed by atoms with Crippen molar-refractivity contribution in [2.24, 2.45) is 0 Å². The van der Waals surface area contributed by atoms with Crippen LogP contribution in [0.1, 0.15) is 11.1 Å². The summed E-state index contributed by atoms with van der Waals surface area (Å²) >= 11 is 0.896. The van der Waals surface area contributed by atoms with Gasteiger partial charge in [-0.15, -0.1) is 0 Å². The van der Waals surface area contributed by atoms with Crippen molar-refractivity contribution in [2.45, 2.75) is 23.0 Å². The number of aryl methyl sites for hydroxylation is 1. The fourth-order valence-corrected chi connectivity index (χ4v) is 3.08. The number of methoxy groups -OCH3 is 1. The minimum Gasteiger partial charge on any atom is -0.480 e. The van der Waals surface area contributed by atoms with Gasteiger partial charge in [-0.05, 0) is 19.1 Å². The summed E-state index contributed by atoms with van der Waals surface area (Å²) in [7, 11) is 1.14. The van der Waals surface area contributed by atoms with E-state index in [2.05, 4.69) is 19.9 Å². The molecule has 1 aromatic carbocycles. The molecule has 0 aliphatic heterocycles. The zero-order chi connectivity index (χ0) is 18.7. The molecule has 5 nitrogen and oxygen atoms in total. The van der Waals surface area contributed by atoms with Crippen molar-refractivity contribution in [2.75, 3.05) is 7.11 Å². The molecule has 2 heterocycles. The molecule has 0 saturated heterocycles. The highest BCUT2D eigenvalue weighted by atomic mass is 32.2. The van der Waals surface area contributed by atoms with E-state index >= 15 is 0 Å². The van der Waals surface area contributed by atoms with E-state index in [0.717, 1.165) is 24.4 Å². The number of hydrogen-bond acceptors (Lipinski definition) is 6. The van der Waals surface area contributed by atoms with Gasteiger partial charge in [0.1, 0.15) is 11.4 Å². The number of halogens is 3. The van der Waals surface area contributed by atoms with E-state index < -0.39 is 17.6 Å². The molecule has 0 atom stereocenters. The van der Waals surface area contributed by atoms with E-state index in [0.29, 0.717) is 10.5 Å². The van der Waals surface area contributed by atoms with Crippen LogP contribution in [0.4, 0.5) is 13.2 Å². The van der Waals surface area contributed by atoms with Crippen LogP contribution >= 0.6 is 11.8 Å². The van der Waals surface area contributed by atoms with Gasteiger partial charge in [-0.2, -0.15) is 18.2 Å². The molecule has 0 spiro atoms. The van der Waals surface area contributed by atoms with Crippen molar-refractivity contribution >= 4 is 11.8 Å². The van der Waals surface area contributed by atoms with E-state index in [1.165, 1.54) is 18.7 Å². The Morgan fingerprint density at radius 1 is 1.00 bits per heavy atom. The van der Waals surface area contributed by atoms with Crippen LogP contribution in [0.3, 0.4) is 0 Å². The van der Waals surface area contributed by atoms with Crippen LogP contribution in [0.25, 0.3) is 11.4 Å². The molecule has 0 N–H and O–H groups in total. The minimum absolute atomic E-state index is 0.0602. The second-order valence-corrected chi connectivity index (χ2v) is 6.34. The predicted molar refractivity (Wildman–Crippen MR) is 89.9 cm³/mol. The van der Waals surface area contributed by atoms with Crippen molar-refractivity contribution in [3.8, 4) is 17.3 Å². The monoisotopic (exact) mass is 378 g/mol. The van der Waals surface area contributed by atoms with Crippen LogP contribution in [0.15, 0.2) is 52.9 Å². The highest BCUT2D eigenvalue weighted by Gasteiger charge is 2.40. The lowest BCUT2D eigenvalue weighted by molar-refractivity contribution is -0.141. The molecular weight excluding hydrogens is 365 g/mol. The second kappa shape index (κ2) is 7.28. The smallest absolute Gasteiger partial charge is 0.424 e. The van der Waals surface area contributed by atoms with Gasteiger partial charge >= 0.3 is 6.18 Å². The predicted octanol–water partition coefficient (Wildman–Crippen LogP) is 4.42. The number of rotatable bonds is 4. The first-order valence-corrected chi connectivity index (χ1v) is 8.23. The standard InChI is InChI=1S/C17H13F3N4OS/c1-10-3-5-12(6-4-10)26-16-13(17(18,19)20)15(25-2)23-14(24-16)11-7-21-9-22-8-11/h3-9H,1-2H3. The summed E-state index contributed by atoms with van der Waals surface area (Å²) < 4.78 is 45.7. The van der Waals surface area contributed by atoms with Gasteiger partial charge in [0.15, 0.2) is 11.4 Å². The van der Waals surface area contributed by atoms with Crippen LogP contribution in [0.5, 0.6) is 5.88 Å². The highest BCUT2D eigenvalue weighted by Crippen LogP contribution is 2.43. The number of benzene rings is 1. The van der Waals surface area contributed by atoms with Crippen molar-refractivity contribution in [3.63, 3.8) is 0 Å². The lowest BCUT2D eigenvalue weighted by Gasteiger charge is -2.16. The number of alkyl halides is 3. The average molecular weight is 378 g/mol. The summed E-state index contributed by atoms with van der Waals surface area (Å²) in [4.78, 5) is 16.3. The second-order valence-electron chi connectivity index (χ2n) is 5.28. The molecule has 0 fully saturated rings. The quantitative estimate of drug-likeness (QED) is 0.627. The Morgan fingerprint density at radius 3 is 2.23 bits per heavy atom. The van der Waals surface area contributed by atoms with Gasteiger partial charge in [0, 0.05) is 17.3 Å². The third-order valence-corrected chi connectivity index (χ3v) is 4.37. The van der Waals surface area contributed by atoms with Crippen LogP contribution in [-0.4, -0.2) is 27.0 Å². The Labute approximate surface area is 151 Å². The molecule has 3 aromatic rings. The lowest BCUT2D eigenvalue weighted by Crippen LogP contribution is -2.13. The summed E-state index contributed by atoms with van der Waals surface area (Å²) in [6.45, 7) is 1.90. The molecule has 0 bridgehead atoms. The third kappa shape index (κ3) is 3.93. The van der Waals surface area contributed by atoms with Crippen molar-refractivity contribution < 1.29 is 17.9 Å². The molecule has 0 aliphatic rings. The Bertz CT molecular complexity index is 902. The maximum Gasteiger partial charge on any atom is 0.424 e. The van der Waals surface area contributed by atoms with E-state index in [-0.39, 0.29) is 10.9 Å². The van der Waals surface area contributed by atoms with E-state index in [4.69, 9.17) is 4.74 Å². The Kier molecular flexibility index (Phi) is 5.08. The van der Waals surface area contributed by atoms with Gasteiger partial charge in [0.25, 0.3) is 0 Å². The van der Waals surface area contributed by atoms with E-state index in [9.17, 15) is 13.2 Å². The number of hydrogen-bond donors (Lipinski definition) is 0. The molecular formula is C17H13F3N4OS.